The maximum atomic E-state index is 12.9. The van der Waals surface area contributed by atoms with Crippen molar-refractivity contribution in [2.24, 2.45) is 0 Å². The monoisotopic (exact) mass is 310 g/mol. The zero-order valence-electron chi connectivity index (χ0n) is 9.74. The van der Waals surface area contributed by atoms with Crippen molar-refractivity contribution < 1.29 is 9.50 Å². The fourth-order valence-corrected chi connectivity index (χ4v) is 2.04. The Morgan fingerprint density at radius 1 is 1.33 bits per heavy atom. The fraction of sp³-hybridized carbons (Fsp3) is 0.154. The molecule has 0 spiro atoms. The van der Waals surface area contributed by atoms with Gasteiger partial charge >= 0.3 is 0 Å². The average molecular weight is 311 g/mol. The Morgan fingerprint density at radius 2 is 2.11 bits per heavy atom. The first-order valence-electron chi connectivity index (χ1n) is 5.40. The molecule has 0 fully saturated rings. The van der Waals surface area contributed by atoms with Gasteiger partial charge in [-0.25, -0.2) is 4.39 Å². The second-order valence-electron chi connectivity index (χ2n) is 3.90. The van der Waals surface area contributed by atoms with Gasteiger partial charge in [-0.3, -0.25) is 4.98 Å². The van der Waals surface area contributed by atoms with Gasteiger partial charge in [0.1, 0.15) is 17.3 Å². The number of benzene rings is 1. The van der Waals surface area contributed by atoms with E-state index in [1.54, 1.807) is 18.2 Å². The molecule has 2 aromatic rings. The summed E-state index contributed by atoms with van der Waals surface area (Å²) in [6, 6.07) is 7.74. The van der Waals surface area contributed by atoms with Gasteiger partial charge in [0.15, 0.2) is 0 Å². The second kappa shape index (κ2) is 5.35. The van der Waals surface area contributed by atoms with Crippen molar-refractivity contribution in [3.8, 4) is 5.75 Å². The van der Waals surface area contributed by atoms with Crippen LogP contribution in [0.1, 0.15) is 11.4 Å². The molecule has 18 heavy (non-hydrogen) atoms. The maximum Gasteiger partial charge on any atom is 0.138 e. The van der Waals surface area contributed by atoms with Gasteiger partial charge in [0, 0.05) is 15.9 Å². The number of hydrogen-bond donors (Lipinski definition) is 2. The molecule has 1 aromatic carbocycles. The number of hydrogen-bond acceptors (Lipinski definition) is 3. The van der Waals surface area contributed by atoms with Crippen molar-refractivity contribution in [2.75, 3.05) is 5.32 Å². The summed E-state index contributed by atoms with van der Waals surface area (Å²) in [5, 5.41) is 12.7. The number of aromatic nitrogens is 1. The minimum atomic E-state index is -0.302. The highest BCUT2D eigenvalue weighted by molar-refractivity contribution is 9.10. The van der Waals surface area contributed by atoms with Crippen LogP contribution in [-0.2, 0) is 6.54 Å². The lowest BCUT2D eigenvalue weighted by Crippen LogP contribution is -2.03. The van der Waals surface area contributed by atoms with Gasteiger partial charge in [0.05, 0.1) is 6.54 Å². The lowest BCUT2D eigenvalue weighted by atomic mass is 10.2. The van der Waals surface area contributed by atoms with Crippen LogP contribution in [0.25, 0.3) is 0 Å². The molecule has 0 aliphatic rings. The molecule has 2 N–H and O–H groups in total. The van der Waals surface area contributed by atoms with Crippen LogP contribution in [0.3, 0.4) is 0 Å². The summed E-state index contributed by atoms with van der Waals surface area (Å²) in [7, 11) is 0. The van der Waals surface area contributed by atoms with Gasteiger partial charge in [-0.15, -0.1) is 0 Å². The quantitative estimate of drug-likeness (QED) is 0.910. The Hall–Kier alpha value is -1.62. The molecule has 94 valence electrons. The van der Waals surface area contributed by atoms with Gasteiger partial charge in [0.25, 0.3) is 0 Å². The standard InChI is InChI=1S/C13H12BrFN2O/c1-8-2-5-13(18)12(17-8)7-16-11-4-3-9(15)6-10(11)14/h2-6,16,18H,7H2,1H3. The zero-order chi connectivity index (χ0) is 13.1. The van der Waals surface area contributed by atoms with E-state index < -0.39 is 0 Å². The molecule has 0 saturated carbocycles. The van der Waals surface area contributed by atoms with Crippen LogP contribution in [0, 0.1) is 12.7 Å². The molecule has 0 radical (unpaired) electrons. The SMILES string of the molecule is Cc1ccc(O)c(CNc2ccc(F)cc2Br)n1. The second-order valence-corrected chi connectivity index (χ2v) is 4.75. The predicted octanol–water partition coefficient (Wildman–Crippen LogP) is 3.61. The molecule has 0 aliphatic carbocycles. The van der Waals surface area contributed by atoms with E-state index in [2.05, 4.69) is 26.2 Å². The Bertz CT molecular complexity index is 575. The van der Waals surface area contributed by atoms with Crippen molar-refractivity contribution >= 4 is 21.6 Å². The number of aromatic hydroxyl groups is 1. The van der Waals surface area contributed by atoms with Crippen LogP contribution < -0.4 is 5.32 Å². The van der Waals surface area contributed by atoms with Crippen LogP contribution in [0.5, 0.6) is 5.75 Å². The van der Waals surface area contributed by atoms with Crippen LogP contribution in [0.2, 0.25) is 0 Å². The molecule has 0 unspecified atom stereocenters. The predicted molar refractivity (Wildman–Crippen MR) is 72.1 cm³/mol. The molecule has 1 heterocycles. The highest BCUT2D eigenvalue weighted by atomic mass is 79.9. The van der Waals surface area contributed by atoms with Gasteiger partial charge in [-0.1, -0.05) is 0 Å². The van der Waals surface area contributed by atoms with E-state index in [4.69, 9.17) is 0 Å². The summed E-state index contributed by atoms with van der Waals surface area (Å²) in [5.41, 5.74) is 2.15. The third kappa shape index (κ3) is 2.98. The number of halogens is 2. The first-order chi connectivity index (χ1) is 8.56. The minimum absolute atomic E-state index is 0.145. The van der Waals surface area contributed by atoms with E-state index >= 15 is 0 Å². The zero-order valence-corrected chi connectivity index (χ0v) is 11.3. The molecule has 0 amide bonds. The normalized spacial score (nSPS) is 10.4. The summed E-state index contributed by atoms with van der Waals surface area (Å²) in [4.78, 5) is 4.23. The molecule has 3 nitrogen and oxygen atoms in total. The number of anilines is 1. The van der Waals surface area contributed by atoms with Gasteiger partial charge in [0.2, 0.25) is 0 Å². The Balaban J connectivity index is 2.13. The Kier molecular flexibility index (Phi) is 3.81. The Morgan fingerprint density at radius 3 is 2.83 bits per heavy atom. The summed E-state index contributed by atoms with van der Waals surface area (Å²) >= 11 is 3.27. The molecule has 0 aliphatic heterocycles. The van der Waals surface area contributed by atoms with Gasteiger partial charge < -0.3 is 10.4 Å². The number of nitrogens with one attached hydrogen (secondary N) is 1. The maximum absolute atomic E-state index is 12.9. The third-order valence-corrected chi connectivity index (χ3v) is 3.12. The number of pyridine rings is 1. The van der Waals surface area contributed by atoms with E-state index in [1.165, 1.54) is 12.1 Å². The lowest BCUT2D eigenvalue weighted by molar-refractivity contribution is 0.464. The van der Waals surface area contributed by atoms with E-state index in [-0.39, 0.29) is 11.6 Å². The van der Waals surface area contributed by atoms with E-state index in [1.807, 2.05) is 6.92 Å². The van der Waals surface area contributed by atoms with Crippen molar-refractivity contribution in [1.82, 2.24) is 4.98 Å². The number of rotatable bonds is 3. The van der Waals surface area contributed by atoms with E-state index in [0.717, 1.165) is 11.4 Å². The Labute approximate surface area is 113 Å². The highest BCUT2D eigenvalue weighted by Gasteiger charge is 2.05. The van der Waals surface area contributed by atoms with Crippen molar-refractivity contribution in [2.45, 2.75) is 13.5 Å². The first kappa shape index (κ1) is 12.8. The topological polar surface area (TPSA) is 45.1 Å². The summed E-state index contributed by atoms with van der Waals surface area (Å²) < 4.78 is 13.6. The van der Waals surface area contributed by atoms with Crippen molar-refractivity contribution in [1.29, 1.82) is 0 Å². The van der Waals surface area contributed by atoms with E-state index in [0.29, 0.717) is 16.7 Å². The molecule has 0 atom stereocenters. The minimum Gasteiger partial charge on any atom is -0.506 e. The van der Waals surface area contributed by atoms with Crippen LogP contribution in [0.4, 0.5) is 10.1 Å². The molecular formula is C13H12BrFN2O. The molecule has 5 heteroatoms. The number of nitrogens with zero attached hydrogens (tertiary/aromatic N) is 1. The molecule has 0 saturated heterocycles. The summed E-state index contributed by atoms with van der Waals surface area (Å²) in [5.74, 6) is -0.157. The van der Waals surface area contributed by atoms with Crippen LogP contribution in [-0.4, -0.2) is 10.1 Å². The largest absolute Gasteiger partial charge is 0.506 e. The molecule has 0 bridgehead atoms. The summed E-state index contributed by atoms with van der Waals surface area (Å²) in [6.45, 7) is 2.23. The highest BCUT2D eigenvalue weighted by Crippen LogP contribution is 2.24. The van der Waals surface area contributed by atoms with Crippen molar-refractivity contribution in [3.63, 3.8) is 0 Å². The molecular weight excluding hydrogens is 299 g/mol. The smallest absolute Gasteiger partial charge is 0.138 e. The molecule has 1 aromatic heterocycles. The lowest BCUT2D eigenvalue weighted by Gasteiger charge is -2.09. The first-order valence-corrected chi connectivity index (χ1v) is 6.20. The van der Waals surface area contributed by atoms with Gasteiger partial charge in [-0.2, -0.15) is 0 Å². The molecule has 2 rings (SSSR count). The average Bonchev–Trinajstić information content (AvgIpc) is 2.32. The summed E-state index contributed by atoms with van der Waals surface area (Å²) in [6.07, 6.45) is 0. The van der Waals surface area contributed by atoms with E-state index in [9.17, 15) is 9.50 Å². The fourth-order valence-electron chi connectivity index (χ4n) is 1.55. The number of aryl methyl sites for hydroxylation is 1. The third-order valence-electron chi connectivity index (χ3n) is 2.47. The van der Waals surface area contributed by atoms with Crippen LogP contribution >= 0.6 is 15.9 Å². The van der Waals surface area contributed by atoms with Gasteiger partial charge in [-0.05, 0) is 53.2 Å². The van der Waals surface area contributed by atoms with Crippen molar-refractivity contribution in [3.05, 3.63) is 52.0 Å². The van der Waals surface area contributed by atoms with Crippen LogP contribution in [0.15, 0.2) is 34.8 Å².